The van der Waals surface area contributed by atoms with Crippen molar-refractivity contribution in [3.05, 3.63) is 59.7 Å². The fraction of sp³-hybridized carbons (Fsp3) is 0.350. The van der Waals surface area contributed by atoms with Gasteiger partial charge in [-0.2, -0.15) is 4.98 Å². The number of nitrogens with one attached hydrogen (secondary N) is 1. The summed E-state index contributed by atoms with van der Waals surface area (Å²) in [5, 5.41) is 7.56. The molecule has 0 radical (unpaired) electrons. The number of aromatic nitrogens is 3. The summed E-state index contributed by atoms with van der Waals surface area (Å²) in [5.41, 5.74) is 2.89. The molecule has 0 aliphatic carbocycles. The van der Waals surface area contributed by atoms with Crippen LogP contribution in [0.2, 0.25) is 0 Å². The Kier molecular flexibility index (Phi) is 6.61. The van der Waals surface area contributed by atoms with Gasteiger partial charge in [0.1, 0.15) is 12.4 Å². The molecule has 8 heteroatoms. The van der Waals surface area contributed by atoms with Crippen LogP contribution in [0.15, 0.2) is 47.1 Å². The molecule has 1 fully saturated rings. The van der Waals surface area contributed by atoms with Gasteiger partial charge in [0.2, 0.25) is 0 Å². The lowest BCUT2D eigenvalue weighted by Gasteiger charge is -2.30. The van der Waals surface area contributed by atoms with Crippen molar-refractivity contribution in [2.45, 2.75) is 19.6 Å². The lowest BCUT2D eigenvalue weighted by Crippen LogP contribution is -2.44. The highest BCUT2D eigenvalue weighted by atomic mass is 35.5. The predicted octanol–water partition coefficient (Wildman–Crippen LogP) is 3.02. The van der Waals surface area contributed by atoms with Crippen LogP contribution in [0.1, 0.15) is 23.1 Å². The Labute approximate surface area is 170 Å². The van der Waals surface area contributed by atoms with Crippen LogP contribution < -0.4 is 10.1 Å². The molecule has 1 aromatic carbocycles. The second kappa shape index (κ2) is 9.14. The van der Waals surface area contributed by atoms with E-state index in [2.05, 4.69) is 32.4 Å². The van der Waals surface area contributed by atoms with Crippen LogP contribution in [0, 0.1) is 6.92 Å². The molecule has 1 saturated heterocycles. The lowest BCUT2D eigenvalue weighted by molar-refractivity contribution is 0.190. The van der Waals surface area contributed by atoms with Crippen LogP contribution in [0.3, 0.4) is 0 Å². The Morgan fingerprint density at radius 3 is 2.96 bits per heavy atom. The Morgan fingerprint density at radius 1 is 1.29 bits per heavy atom. The second-order valence-electron chi connectivity index (χ2n) is 6.78. The number of benzene rings is 1. The molecule has 1 aliphatic heterocycles. The Bertz CT molecular complexity index is 900. The number of halogens is 1. The van der Waals surface area contributed by atoms with Crippen LogP contribution in [0.4, 0.5) is 0 Å². The molecule has 4 rings (SSSR count). The van der Waals surface area contributed by atoms with Crippen molar-refractivity contribution >= 4 is 12.4 Å². The molecule has 1 unspecified atom stereocenters. The topological polar surface area (TPSA) is 76.3 Å². The third kappa shape index (κ3) is 4.67. The summed E-state index contributed by atoms with van der Waals surface area (Å²) >= 11 is 0. The average Bonchev–Trinajstić information content (AvgIpc) is 3.18. The number of ether oxygens (including phenoxy) is 1. The van der Waals surface area contributed by atoms with E-state index in [1.807, 2.05) is 43.3 Å². The zero-order valence-corrected chi connectivity index (χ0v) is 16.8. The van der Waals surface area contributed by atoms with Crippen LogP contribution in [0.5, 0.6) is 5.75 Å². The molecular formula is C20H24ClN5O2. The van der Waals surface area contributed by atoms with E-state index in [-0.39, 0.29) is 18.4 Å². The summed E-state index contributed by atoms with van der Waals surface area (Å²) in [6.45, 7) is 5.18. The minimum absolute atomic E-state index is 0. The molecule has 7 nitrogen and oxygen atoms in total. The molecular weight excluding hydrogens is 378 g/mol. The molecule has 1 aliphatic rings. The van der Waals surface area contributed by atoms with Crippen LogP contribution >= 0.6 is 12.4 Å². The largest absolute Gasteiger partial charge is 0.487 e. The van der Waals surface area contributed by atoms with Gasteiger partial charge in [0.25, 0.3) is 5.89 Å². The molecule has 28 heavy (non-hydrogen) atoms. The molecule has 3 aromatic rings. The standard InChI is InChI=1S/C20H23N5O2.ClH/c1-14-6-7-17(11-22-14)26-13-15-4-3-5-16(10-15)20-23-19(24-27-20)18-12-21-8-9-25(18)2;/h3-7,10-11,18,21H,8-9,12-13H2,1-2H3;1H. The van der Waals surface area contributed by atoms with Gasteiger partial charge < -0.3 is 14.6 Å². The summed E-state index contributed by atoms with van der Waals surface area (Å²) in [6.07, 6.45) is 1.73. The fourth-order valence-corrected chi connectivity index (χ4v) is 3.08. The maximum absolute atomic E-state index is 5.81. The number of piperazine rings is 1. The molecule has 0 bridgehead atoms. The van der Waals surface area contributed by atoms with Crippen molar-refractivity contribution < 1.29 is 9.26 Å². The quantitative estimate of drug-likeness (QED) is 0.704. The highest BCUT2D eigenvalue weighted by Gasteiger charge is 2.25. The van der Waals surface area contributed by atoms with Gasteiger partial charge in [-0.1, -0.05) is 17.3 Å². The van der Waals surface area contributed by atoms with E-state index in [1.54, 1.807) is 6.20 Å². The highest BCUT2D eigenvalue weighted by Crippen LogP contribution is 2.24. The van der Waals surface area contributed by atoms with E-state index in [9.17, 15) is 0 Å². The molecule has 0 spiro atoms. The summed E-state index contributed by atoms with van der Waals surface area (Å²) in [5.74, 6) is 1.99. The molecule has 1 N–H and O–H groups in total. The molecule has 1 atom stereocenters. The van der Waals surface area contributed by atoms with Gasteiger partial charge in [0, 0.05) is 30.9 Å². The normalized spacial score (nSPS) is 17.1. The van der Waals surface area contributed by atoms with E-state index < -0.39 is 0 Å². The number of likely N-dealkylation sites (N-methyl/N-ethyl adjacent to an activating group) is 1. The minimum Gasteiger partial charge on any atom is -0.487 e. The average molecular weight is 402 g/mol. The number of aryl methyl sites for hydroxylation is 1. The van der Waals surface area contributed by atoms with Gasteiger partial charge in [-0.05, 0) is 43.8 Å². The first kappa shape index (κ1) is 20.3. The van der Waals surface area contributed by atoms with Gasteiger partial charge in [0.05, 0.1) is 12.2 Å². The number of nitrogens with zero attached hydrogens (tertiary/aromatic N) is 4. The molecule has 0 amide bonds. The van der Waals surface area contributed by atoms with Gasteiger partial charge in [0.15, 0.2) is 5.82 Å². The monoisotopic (exact) mass is 401 g/mol. The molecule has 0 saturated carbocycles. The summed E-state index contributed by atoms with van der Waals surface area (Å²) in [6, 6.07) is 12.0. The van der Waals surface area contributed by atoms with Crippen molar-refractivity contribution in [2.75, 3.05) is 26.7 Å². The zero-order chi connectivity index (χ0) is 18.6. The van der Waals surface area contributed by atoms with Crippen molar-refractivity contribution in [1.29, 1.82) is 0 Å². The van der Waals surface area contributed by atoms with Crippen LogP contribution in [-0.4, -0.2) is 46.7 Å². The number of hydrogen-bond donors (Lipinski definition) is 1. The van der Waals surface area contributed by atoms with Crippen molar-refractivity contribution in [3.63, 3.8) is 0 Å². The lowest BCUT2D eigenvalue weighted by atomic mass is 10.1. The second-order valence-corrected chi connectivity index (χ2v) is 6.78. The number of pyridine rings is 1. The summed E-state index contributed by atoms with van der Waals surface area (Å²) < 4.78 is 11.3. The van der Waals surface area contributed by atoms with Crippen LogP contribution in [-0.2, 0) is 6.61 Å². The van der Waals surface area contributed by atoms with Gasteiger partial charge in [-0.25, -0.2) is 0 Å². The SMILES string of the molecule is Cc1ccc(OCc2cccc(-c3nc(C4CNCCN4C)no3)c2)cn1.Cl. The van der Waals surface area contributed by atoms with E-state index in [1.165, 1.54) is 0 Å². The van der Waals surface area contributed by atoms with E-state index in [0.717, 1.165) is 42.2 Å². The Balaban J connectivity index is 0.00000225. The third-order valence-electron chi connectivity index (χ3n) is 4.71. The van der Waals surface area contributed by atoms with Crippen LogP contribution in [0.25, 0.3) is 11.5 Å². The Hall–Kier alpha value is -2.48. The van der Waals surface area contributed by atoms with Crippen molar-refractivity contribution in [2.24, 2.45) is 0 Å². The first-order chi connectivity index (χ1) is 13.2. The first-order valence-electron chi connectivity index (χ1n) is 9.08. The third-order valence-corrected chi connectivity index (χ3v) is 4.71. The summed E-state index contributed by atoms with van der Waals surface area (Å²) in [7, 11) is 2.08. The predicted molar refractivity (Wildman–Crippen MR) is 109 cm³/mol. The summed E-state index contributed by atoms with van der Waals surface area (Å²) in [4.78, 5) is 11.1. The van der Waals surface area contributed by atoms with E-state index in [4.69, 9.17) is 9.26 Å². The van der Waals surface area contributed by atoms with Crippen molar-refractivity contribution in [1.82, 2.24) is 25.3 Å². The van der Waals surface area contributed by atoms with E-state index >= 15 is 0 Å². The maximum Gasteiger partial charge on any atom is 0.257 e. The maximum atomic E-state index is 5.81. The fourth-order valence-electron chi connectivity index (χ4n) is 3.08. The zero-order valence-electron chi connectivity index (χ0n) is 16.0. The van der Waals surface area contributed by atoms with Gasteiger partial charge >= 0.3 is 0 Å². The highest BCUT2D eigenvalue weighted by molar-refractivity contribution is 5.85. The minimum atomic E-state index is 0. The number of hydrogen-bond acceptors (Lipinski definition) is 7. The van der Waals surface area contributed by atoms with Gasteiger partial charge in [-0.3, -0.25) is 9.88 Å². The molecule has 2 aromatic heterocycles. The Morgan fingerprint density at radius 2 is 2.18 bits per heavy atom. The molecule has 3 heterocycles. The number of rotatable bonds is 5. The van der Waals surface area contributed by atoms with Gasteiger partial charge in [-0.15, -0.1) is 12.4 Å². The smallest absolute Gasteiger partial charge is 0.257 e. The van der Waals surface area contributed by atoms with Crippen molar-refractivity contribution in [3.8, 4) is 17.2 Å². The molecule has 148 valence electrons. The first-order valence-corrected chi connectivity index (χ1v) is 9.08. The van der Waals surface area contributed by atoms with E-state index in [0.29, 0.717) is 18.3 Å².